The molecular weight excluding hydrogens is 1690 g/mol. The number of carbonyl (C=O) groups excluding carboxylic acids is 10. The summed E-state index contributed by atoms with van der Waals surface area (Å²) in [5.41, 5.74) is 1.68. The van der Waals surface area contributed by atoms with Crippen molar-refractivity contribution in [1.29, 1.82) is 0 Å². The monoisotopic (exact) mass is 1780 g/mol. The summed E-state index contributed by atoms with van der Waals surface area (Å²) >= 11 is 23.9. The van der Waals surface area contributed by atoms with Crippen molar-refractivity contribution in [2.45, 2.75) is 117 Å². The van der Waals surface area contributed by atoms with Gasteiger partial charge in [-0.05, 0) is 128 Å². The summed E-state index contributed by atoms with van der Waals surface area (Å²) in [7, 11) is 0. The lowest BCUT2D eigenvalue weighted by molar-refractivity contribution is -0.145. The van der Waals surface area contributed by atoms with E-state index in [1.807, 2.05) is 132 Å². The van der Waals surface area contributed by atoms with E-state index < -0.39 is 144 Å². The van der Waals surface area contributed by atoms with Gasteiger partial charge in [-0.3, -0.25) is 38.6 Å². The van der Waals surface area contributed by atoms with E-state index in [1.165, 1.54) is 24.3 Å². The molecule has 0 bridgehead atoms. The minimum atomic E-state index is -1.87. The first-order valence-electron chi connectivity index (χ1n) is 40.5. The standard InChI is InChI=1S/C100H92Cl4N4O18/c1-55(101)93(115)119-47-43-105(44-48-120-94(116)56(2)102)91(113)85(59-23-19-17-20-24-59)107-87(109)69-51-73(123-65-35-27-61(28-36-65)97(5,6)7)79-81-75(125-67-39-31-63(32-40-67)99(11,12)13)53-71-78-72(90(112)108(89(71)111)86(60-25-21-18-22-26-60)92(114)106(45-49-121-95(117)57(3)103)46-50-122-96(118)58(4)104)54-76(126-68-41-33-64(34-42-68)100(14,15)16)82(84(78)81)80-74(52-70(88(107)110)77(69)83(79)80)124-66-37-29-62(30-38-66)98(8,9)10/h17-42,51-54,85-86H,1-4,43-50H2,5-16H3. The van der Waals surface area contributed by atoms with Gasteiger partial charge >= 0.3 is 23.9 Å². The summed E-state index contributed by atoms with van der Waals surface area (Å²) in [5, 5.41) is -1.10. The molecule has 0 saturated carbocycles. The number of carbonyl (C=O) groups is 10. The van der Waals surface area contributed by atoms with E-state index in [-0.39, 0.29) is 144 Å². The van der Waals surface area contributed by atoms with Gasteiger partial charge in [0.1, 0.15) is 105 Å². The van der Waals surface area contributed by atoms with E-state index in [0.29, 0.717) is 0 Å². The van der Waals surface area contributed by atoms with E-state index in [0.717, 1.165) is 41.9 Å². The molecule has 0 aromatic heterocycles. The van der Waals surface area contributed by atoms with Crippen molar-refractivity contribution in [2.24, 2.45) is 0 Å². The number of ether oxygens (including phenoxy) is 8. The van der Waals surface area contributed by atoms with Crippen molar-refractivity contribution in [3.05, 3.63) is 284 Å². The molecule has 126 heavy (non-hydrogen) atoms. The second kappa shape index (κ2) is 36.4. The predicted octanol–water partition coefficient (Wildman–Crippen LogP) is 21.6. The second-order valence-electron chi connectivity index (χ2n) is 34.6. The van der Waals surface area contributed by atoms with E-state index in [4.69, 9.17) is 84.3 Å². The van der Waals surface area contributed by atoms with Crippen molar-refractivity contribution in [2.75, 3.05) is 52.6 Å². The Bertz CT molecular complexity index is 5570. The number of hydrogen-bond donors (Lipinski definition) is 0. The zero-order chi connectivity index (χ0) is 91.1. The van der Waals surface area contributed by atoms with Crippen molar-refractivity contribution in [3.63, 3.8) is 0 Å². The maximum absolute atomic E-state index is 17.1. The smallest absolute Gasteiger partial charge is 0.349 e. The molecule has 2 aliphatic rings. The van der Waals surface area contributed by atoms with Crippen molar-refractivity contribution < 1.29 is 85.8 Å². The summed E-state index contributed by atoms with van der Waals surface area (Å²) in [5.74, 6) is -9.35. The van der Waals surface area contributed by atoms with Gasteiger partial charge in [0.25, 0.3) is 35.4 Å². The summed E-state index contributed by atoms with van der Waals surface area (Å²) in [6, 6.07) is 47.4. The number of fused-ring (bicyclic) bond motifs is 2. The molecule has 2 unspecified atom stereocenters. The van der Waals surface area contributed by atoms with Crippen LogP contribution < -0.4 is 18.9 Å². The van der Waals surface area contributed by atoms with Gasteiger partial charge in [-0.2, -0.15) is 0 Å². The van der Waals surface area contributed by atoms with Crippen LogP contribution in [-0.4, -0.2) is 132 Å². The van der Waals surface area contributed by atoms with Crippen LogP contribution in [-0.2, 0) is 69.4 Å². The van der Waals surface area contributed by atoms with Crippen LogP contribution in [0.5, 0.6) is 46.0 Å². The predicted molar refractivity (Wildman–Crippen MR) is 485 cm³/mol. The molecule has 0 aliphatic carbocycles. The zero-order valence-electron chi connectivity index (χ0n) is 71.6. The van der Waals surface area contributed by atoms with Gasteiger partial charge in [-0.25, -0.2) is 19.2 Å². The molecule has 11 aromatic rings. The van der Waals surface area contributed by atoms with Gasteiger partial charge in [-0.15, -0.1) is 0 Å². The van der Waals surface area contributed by atoms with Crippen LogP contribution in [0, 0.1) is 0 Å². The van der Waals surface area contributed by atoms with Crippen LogP contribution in [0.25, 0.3) is 43.1 Å². The molecule has 2 heterocycles. The highest BCUT2D eigenvalue weighted by Crippen LogP contribution is 2.59. The van der Waals surface area contributed by atoms with Crippen LogP contribution in [0.1, 0.15) is 170 Å². The largest absolute Gasteiger partial charge is 0.460 e. The number of hydrogen-bond acceptors (Lipinski definition) is 18. The molecule has 13 rings (SSSR count). The number of amides is 6. The zero-order valence-corrected chi connectivity index (χ0v) is 74.6. The Hall–Kier alpha value is -12.9. The lowest BCUT2D eigenvalue weighted by atomic mass is 9.80. The molecule has 648 valence electrons. The number of benzene rings is 11. The fourth-order valence-corrected chi connectivity index (χ4v) is 15.5. The Balaban J connectivity index is 1.18. The normalized spacial score (nSPS) is 13.3. The molecule has 0 radical (unpaired) electrons. The Kier molecular flexibility index (Phi) is 26.2. The number of halogens is 4. The number of rotatable bonds is 30. The molecule has 0 spiro atoms. The molecule has 2 atom stereocenters. The summed E-state index contributed by atoms with van der Waals surface area (Å²) < 4.78 is 51.3. The van der Waals surface area contributed by atoms with Gasteiger partial charge in [0.15, 0.2) is 0 Å². The second-order valence-corrected chi connectivity index (χ2v) is 36.4. The number of imide groups is 2. The van der Waals surface area contributed by atoms with E-state index in [9.17, 15) is 19.2 Å². The Labute approximate surface area is 749 Å². The maximum atomic E-state index is 17.1. The Morgan fingerprint density at radius 3 is 0.706 bits per heavy atom. The molecular formula is C100H92Cl4N4O18. The van der Waals surface area contributed by atoms with Crippen LogP contribution >= 0.6 is 46.4 Å². The van der Waals surface area contributed by atoms with Crippen LogP contribution in [0.4, 0.5) is 0 Å². The SMILES string of the molecule is C=C(Cl)C(=O)OCCN(CCOC(=O)C(=C)Cl)C(=O)C(c1ccccc1)N1C(=O)c2cc(Oc3ccc(C(C)(C)C)cc3)c3c4c(Oc5ccc(C(C)(C)C)cc5)cc5c6c(cc(Oc7ccc(C(C)(C)C)cc7)c(c7c(Oc8ccc(C(C)(C)C)cc8)cc(c2c37)C1=O)c64)C(=O)N(C(C(=O)N(CCOC(=O)C(=C)Cl)CCOC(=O)C(=C)Cl)c1ccccc1)C5=O. The summed E-state index contributed by atoms with van der Waals surface area (Å²) in [4.78, 5) is 156. The first-order chi connectivity index (χ1) is 59.5. The Morgan fingerprint density at radius 2 is 0.516 bits per heavy atom. The van der Waals surface area contributed by atoms with E-state index >= 15 is 28.8 Å². The molecule has 0 fully saturated rings. The molecule has 2 aliphatic heterocycles. The topological polar surface area (TPSA) is 258 Å². The summed E-state index contributed by atoms with van der Waals surface area (Å²) in [6.45, 7) is 34.7. The molecule has 0 saturated heterocycles. The molecule has 26 heteroatoms. The van der Waals surface area contributed by atoms with E-state index in [2.05, 4.69) is 26.3 Å². The van der Waals surface area contributed by atoms with Crippen LogP contribution in [0.15, 0.2) is 228 Å². The molecule has 6 amide bonds. The highest BCUT2D eigenvalue weighted by molar-refractivity contribution is 6.46. The summed E-state index contributed by atoms with van der Waals surface area (Å²) in [6.07, 6.45) is 0. The maximum Gasteiger partial charge on any atom is 0.349 e. The molecule has 0 N–H and O–H groups in total. The third-order valence-electron chi connectivity index (χ3n) is 21.9. The lowest BCUT2D eigenvalue weighted by Crippen LogP contribution is -2.51. The van der Waals surface area contributed by atoms with Gasteiger partial charge in [0, 0.05) is 43.1 Å². The average molecular weight is 1780 g/mol. The third kappa shape index (κ3) is 18.9. The van der Waals surface area contributed by atoms with Gasteiger partial charge < -0.3 is 47.7 Å². The van der Waals surface area contributed by atoms with Crippen LogP contribution in [0.2, 0.25) is 0 Å². The number of nitrogens with zero attached hydrogens (tertiary/aromatic N) is 4. The number of esters is 4. The van der Waals surface area contributed by atoms with Crippen molar-refractivity contribution >= 4 is 149 Å². The van der Waals surface area contributed by atoms with Crippen molar-refractivity contribution in [3.8, 4) is 46.0 Å². The minimum Gasteiger partial charge on any atom is -0.460 e. The van der Waals surface area contributed by atoms with Gasteiger partial charge in [0.2, 0.25) is 0 Å². The van der Waals surface area contributed by atoms with Crippen LogP contribution in [0.3, 0.4) is 0 Å². The highest BCUT2D eigenvalue weighted by Gasteiger charge is 2.49. The highest BCUT2D eigenvalue weighted by atomic mass is 35.5. The quantitative estimate of drug-likeness (QED) is 0.0101. The minimum absolute atomic E-state index is 0.00600. The average Bonchev–Trinajstić information content (AvgIpc) is 0.668. The van der Waals surface area contributed by atoms with Gasteiger partial charge in [-0.1, -0.05) is 265 Å². The lowest BCUT2D eigenvalue weighted by Gasteiger charge is -2.37. The fraction of sp³-hybridized carbons (Fsp3) is 0.260. The third-order valence-corrected chi connectivity index (χ3v) is 22.5. The molecule has 22 nitrogen and oxygen atoms in total. The first-order valence-corrected chi connectivity index (χ1v) is 42.0. The van der Waals surface area contributed by atoms with E-state index in [1.54, 1.807) is 109 Å². The van der Waals surface area contributed by atoms with Crippen molar-refractivity contribution in [1.82, 2.24) is 19.6 Å². The van der Waals surface area contributed by atoms with Gasteiger partial charge in [0.05, 0.1) is 48.4 Å². The first kappa shape index (κ1) is 90.9. The Morgan fingerprint density at radius 1 is 0.310 bits per heavy atom. The fourth-order valence-electron chi connectivity index (χ4n) is 15.3. The molecule has 11 aromatic carbocycles.